The first-order valence-electron chi connectivity index (χ1n) is 8.43. The van der Waals surface area contributed by atoms with Crippen LogP contribution in [-0.2, 0) is 4.74 Å². The summed E-state index contributed by atoms with van der Waals surface area (Å²) in [4.78, 5) is 0. The van der Waals surface area contributed by atoms with E-state index < -0.39 is 0 Å². The Morgan fingerprint density at radius 1 is 1.24 bits per heavy atom. The first-order chi connectivity index (χ1) is 10.3. The lowest BCUT2D eigenvalue weighted by molar-refractivity contribution is 0.108. The molecule has 0 bridgehead atoms. The minimum atomic E-state index is 0.335. The van der Waals surface area contributed by atoms with Gasteiger partial charge in [-0.15, -0.1) is 0 Å². The van der Waals surface area contributed by atoms with Gasteiger partial charge in [-0.25, -0.2) is 0 Å². The maximum atomic E-state index is 6.09. The summed E-state index contributed by atoms with van der Waals surface area (Å²) in [5, 5.41) is 3.58. The average molecular weight is 289 g/mol. The molecule has 1 aliphatic carbocycles. The highest BCUT2D eigenvalue weighted by Gasteiger charge is 2.18. The van der Waals surface area contributed by atoms with Crippen LogP contribution in [-0.4, -0.2) is 25.4 Å². The molecule has 3 nitrogen and oxygen atoms in total. The van der Waals surface area contributed by atoms with Gasteiger partial charge in [-0.1, -0.05) is 12.1 Å². The summed E-state index contributed by atoms with van der Waals surface area (Å²) >= 11 is 0. The van der Waals surface area contributed by atoms with E-state index >= 15 is 0 Å². The van der Waals surface area contributed by atoms with Crippen LogP contribution in [0.4, 0.5) is 0 Å². The van der Waals surface area contributed by atoms with Crippen molar-refractivity contribution in [3.63, 3.8) is 0 Å². The zero-order chi connectivity index (χ0) is 14.5. The fraction of sp³-hybridized carbons (Fsp3) is 0.667. The molecule has 1 aliphatic heterocycles. The molecule has 0 unspecified atom stereocenters. The molecule has 21 heavy (non-hydrogen) atoms. The second-order valence-corrected chi connectivity index (χ2v) is 6.36. The van der Waals surface area contributed by atoms with E-state index in [-0.39, 0.29) is 0 Å². The normalized spacial score (nSPS) is 24.3. The van der Waals surface area contributed by atoms with E-state index in [9.17, 15) is 0 Å². The summed E-state index contributed by atoms with van der Waals surface area (Å²) in [6.07, 6.45) is 8.23. The van der Waals surface area contributed by atoms with Crippen molar-refractivity contribution in [1.29, 1.82) is 0 Å². The summed E-state index contributed by atoms with van der Waals surface area (Å²) in [6.45, 7) is 4.07. The van der Waals surface area contributed by atoms with Gasteiger partial charge in [-0.05, 0) is 63.1 Å². The maximum absolute atomic E-state index is 6.09. The van der Waals surface area contributed by atoms with Crippen LogP contribution in [0, 0.1) is 0 Å². The zero-order valence-corrected chi connectivity index (χ0v) is 13.0. The molecule has 2 atom stereocenters. The van der Waals surface area contributed by atoms with E-state index in [0.717, 1.165) is 18.9 Å². The van der Waals surface area contributed by atoms with Crippen molar-refractivity contribution >= 4 is 0 Å². The van der Waals surface area contributed by atoms with E-state index in [2.05, 4.69) is 36.5 Å². The van der Waals surface area contributed by atoms with Crippen LogP contribution < -0.4 is 10.1 Å². The molecule has 2 aliphatic rings. The molecule has 3 heteroatoms. The van der Waals surface area contributed by atoms with E-state index in [0.29, 0.717) is 18.2 Å². The highest BCUT2D eigenvalue weighted by molar-refractivity contribution is 5.30. The smallest absolute Gasteiger partial charge is 0.120 e. The lowest BCUT2D eigenvalue weighted by Crippen LogP contribution is -2.28. The Morgan fingerprint density at radius 2 is 2.10 bits per heavy atom. The summed E-state index contributed by atoms with van der Waals surface area (Å²) < 4.78 is 11.8. The van der Waals surface area contributed by atoms with Gasteiger partial charge in [0.1, 0.15) is 5.75 Å². The molecule has 1 saturated heterocycles. The van der Waals surface area contributed by atoms with Crippen LogP contribution >= 0.6 is 0 Å². The first-order valence-corrected chi connectivity index (χ1v) is 8.43. The van der Waals surface area contributed by atoms with Crippen molar-refractivity contribution in [3.8, 4) is 5.75 Å². The van der Waals surface area contributed by atoms with Gasteiger partial charge in [0.15, 0.2) is 0 Å². The predicted octanol–water partition coefficient (Wildman–Crippen LogP) is 3.84. The largest absolute Gasteiger partial charge is 0.490 e. The molecule has 1 saturated carbocycles. The van der Waals surface area contributed by atoms with Gasteiger partial charge >= 0.3 is 0 Å². The maximum Gasteiger partial charge on any atom is 0.120 e. The molecule has 1 heterocycles. The van der Waals surface area contributed by atoms with Crippen LogP contribution in [0.1, 0.15) is 57.1 Å². The molecule has 2 fully saturated rings. The quantitative estimate of drug-likeness (QED) is 0.863. The van der Waals surface area contributed by atoms with E-state index in [1.165, 1.54) is 44.1 Å². The Kier molecular flexibility index (Phi) is 5.15. The van der Waals surface area contributed by atoms with Crippen molar-refractivity contribution < 1.29 is 9.47 Å². The molecule has 1 aromatic rings. The lowest BCUT2D eigenvalue weighted by Gasteiger charge is -2.19. The van der Waals surface area contributed by atoms with Gasteiger partial charge in [0.05, 0.1) is 12.2 Å². The van der Waals surface area contributed by atoms with Crippen LogP contribution in [0.25, 0.3) is 0 Å². The zero-order valence-electron chi connectivity index (χ0n) is 13.0. The molecule has 1 aromatic carbocycles. The fourth-order valence-corrected chi connectivity index (χ4v) is 3.29. The van der Waals surface area contributed by atoms with Gasteiger partial charge in [0.2, 0.25) is 0 Å². The average Bonchev–Trinajstić information content (AvgIpc) is 3.18. The van der Waals surface area contributed by atoms with E-state index in [1.54, 1.807) is 0 Å². The van der Waals surface area contributed by atoms with Crippen LogP contribution in [0.3, 0.4) is 0 Å². The second-order valence-electron chi connectivity index (χ2n) is 6.36. The fourth-order valence-electron chi connectivity index (χ4n) is 3.29. The number of hydrogen-bond donors (Lipinski definition) is 1. The lowest BCUT2D eigenvalue weighted by atomic mass is 10.1. The van der Waals surface area contributed by atoms with Crippen molar-refractivity contribution in [2.24, 2.45) is 0 Å². The molecule has 0 aromatic heterocycles. The second kappa shape index (κ2) is 7.28. The number of nitrogens with one attached hydrogen (secondary N) is 1. The summed E-state index contributed by atoms with van der Waals surface area (Å²) in [5.41, 5.74) is 1.29. The topological polar surface area (TPSA) is 30.5 Å². The Morgan fingerprint density at radius 3 is 2.86 bits per heavy atom. The standard InChI is InChI=1S/C18H27NO2/c1-14(19-13-18-10-5-11-20-18)15-6-4-9-17(12-15)21-16-7-2-3-8-16/h4,6,9,12,14,16,18-19H,2-3,5,7-8,10-11,13H2,1H3/t14-,18+/m0/s1. The third kappa shape index (κ3) is 4.21. The van der Waals surface area contributed by atoms with Crippen molar-refractivity contribution in [1.82, 2.24) is 5.32 Å². The Labute approximate surface area is 128 Å². The highest BCUT2D eigenvalue weighted by atomic mass is 16.5. The third-order valence-electron chi connectivity index (χ3n) is 4.64. The molecule has 3 rings (SSSR count). The first kappa shape index (κ1) is 14.9. The van der Waals surface area contributed by atoms with Crippen LogP contribution in [0.15, 0.2) is 24.3 Å². The van der Waals surface area contributed by atoms with Crippen molar-refractivity contribution in [2.75, 3.05) is 13.2 Å². The van der Waals surface area contributed by atoms with Gasteiger partial charge in [-0.2, -0.15) is 0 Å². The van der Waals surface area contributed by atoms with Crippen molar-refractivity contribution in [2.45, 2.75) is 63.7 Å². The van der Waals surface area contributed by atoms with E-state index in [1.807, 2.05) is 0 Å². The number of hydrogen-bond acceptors (Lipinski definition) is 3. The number of benzene rings is 1. The Balaban J connectivity index is 1.53. The predicted molar refractivity (Wildman–Crippen MR) is 84.7 cm³/mol. The summed E-state index contributed by atoms with van der Waals surface area (Å²) in [6, 6.07) is 8.87. The van der Waals surface area contributed by atoms with Gasteiger partial charge in [0, 0.05) is 19.2 Å². The molecule has 1 N–H and O–H groups in total. The summed E-state index contributed by atoms with van der Waals surface area (Å²) in [5.74, 6) is 1.02. The molecule has 116 valence electrons. The number of rotatable bonds is 6. The van der Waals surface area contributed by atoms with Crippen LogP contribution in [0.2, 0.25) is 0 Å². The van der Waals surface area contributed by atoms with E-state index in [4.69, 9.17) is 9.47 Å². The van der Waals surface area contributed by atoms with Gasteiger partial charge in [-0.3, -0.25) is 0 Å². The SMILES string of the molecule is C[C@H](NC[C@H]1CCCO1)c1cccc(OC2CCCC2)c1. The molecular weight excluding hydrogens is 262 g/mol. The van der Waals surface area contributed by atoms with Crippen LogP contribution in [0.5, 0.6) is 5.75 Å². The Bertz CT molecular complexity index is 437. The molecule has 0 radical (unpaired) electrons. The van der Waals surface area contributed by atoms with Gasteiger partial charge < -0.3 is 14.8 Å². The highest BCUT2D eigenvalue weighted by Crippen LogP contribution is 2.26. The monoisotopic (exact) mass is 289 g/mol. The Hall–Kier alpha value is -1.06. The minimum absolute atomic E-state index is 0.335. The molecular formula is C18H27NO2. The number of ether oxygens (including phenoxy) is 2. The minimum Gasteiger partial charge on any atom is -0.490 e. The third-order valence-corrected chi connectivity index (χ3v) is 4.64. The van der Waals surface area contributed by atoms with Gasteiger partial charge in [0.25, 0.3) is 0 Å². The molecule has 0 amide bonds. The summed E-state index contributed by atoms with van der Waals surface area (Å²) in [7, 11) is 0. The van der Waals surface area contributed by atoms with Crippen molar-refractivity contribution in [3.05, 3.63) is 29.8 Å². The molecule has 0 spiro atoms.